The quantitative estimate of drug-likeness (QED) is 0.544. The van der Waals surface area contributed by atoms with Crippen molar-refractivity contribution in [1.29, 1.82) is 0 Å². The van der Waals surface area contributed by atoms with E-state index in [1.54, 1.807) is 32.4 Å². The van der Waals surface area contributed by atoms with Gasteiger partial charge in [-0.05, 0) is 48.6 Å². The third-order valence-electron chi connectivity index (χ3n) is 3.03. The zero-order chi connectivity index (χ0) is 17.3. The van der Waals surface area contributed by atoms with Crippen LogP contribution in [0.25, 0.3) is 0 Å². The van der Waals surface area contributed by atoms with Gasteiger partial charge in [0.15, 0.2) is 0 Å². The highest BCUT2D eigenvalue weighted by atomic mass is 31.1. The Kier molecular flexibility index (Phi) is 5.90. The summed E-state index contributed by atoms with van der Waals surface area (Å²) in [5.41, 5.74) is -2.43. The summed E-state index contributed by atoms with van der Waals surface area (Å²) in [5, 5.41) is -0.690. The van der Waals surface area contributed by atoms with Crippen LogP contribution in [0.5, 0.6) is 0 Å². The zero-order valence-electron chi connectivity index (χ0n) is 12.6. The second-order valence-electron chi connectivity index (χ2n) is 5.43. The van der Waals surface area contributed by atoms with Crippen molar-refractivity contribution in [3.8, 4) is 0 Å². The number of rotatable bonds is 4. The lowest BCUT2D eigenvalue weighted by molar-refractivity contribution is -0.141. The summed E-state index contributed by atoms with van der Waals surface area (Å²) in [7, 11) is -0.706. The molecular formula is C14H18F6NP. The molecule has 0 radical (unpaired) electrons. The van der Waals surface area contributed by atoms with Crippen molar-refractivity contribution in [3.05, 3.63) is 29.3 Å². The topological polar surface area (TPSA) is 3.24 Å². The van der Waals surface area contributed by atoms with Crippen LogP contribution in [-0.2, 0) is 12.4 Å². The van der Waals surface area contributed by atoms with Crippen molar-refractivity contribution in [2.24, 2.45) is 0 Å². The van der Waals surface area contributed by atoms with Crippen LogP contribution in [0.4, 0.5) is 26.3 Å². The summed E-state index contributed by atoms with van der Waals surface area (Å²) in [6.45, 7) is 6.99. The molecule has 1 rings (SSSR count). The lowest BCUT2D eigenvalue weighted by Gasteiger charge is -2.32. The highest BCUT2D eigenvalue weighted by molar-refractivity contribution is 7.45. The van der Waals surface area contributed by atoms with Gasteiger partial charge in [-0.3, -0.25) is 4.67 Å². The Hall–Kier alpha value is -0.810. The van der Waals surface area contributed by atoms with Crippen molar-refractivity contribution in [2.75, 3.05) is 0 Å². The predicted molar refractivity (Wildman–Crippen MR) is 76.5 cm³/mol. The van der Waals surface area contributed by atoms with E-state index < -0.39 is 37.5 Å². The third-order valence-corrected chi connectivity index (χ3v) is 5.08. The summed E-state index contributed by atoms with van der Waals surface area (Å²) in [6.07, 6.45) is -9.63. The molecule has 0 saturated heterocycles. The molecule has 1 atom stereocenters. The van der Waals surface area contributed by atoms with Crippen molar-refractivity contribution < 1.29 is 26.3 Å². The Morgan fingerprint density at radius 1 is 0.818 bits per heavy atom. The van der Waals surface area contributed by atoms with Crippen LogP contribution < -0.4 is 5.30 Å². The molecule has 0 N–H and O–H groups in total. The average molecular weight is 345 g/mol. The van der Waals surface area contributed by atoms with Gasteiger partial charge in [-0.2, -0.15) is 26.3 Å². The summed E-state index contributed by atoms with van der Waals surface area (Å²) in [6, 6.07) is 1.88. The van der Waals surface area contributed by atoms with E-state index in [1.807, 2.05) is 0 Å². The summed E-state index contributed by atoms with van der Waals surface area (Å²) in [5.74, 6) is 0. The number of hydrogen-bond acceptors (Lipinski definition) is 1. The van der Waals surface area contributed by atoms with Gasteiger partial charge in [0.1, 0.15) is 0 Å². The minimum Gasteiger partial charge on any atom is -0.276 e. The van der Waals surface area contributed by atoms with Crippen LogP contribution in [-0.4, -0.2) is 16.8 Å². The Bertz CT molecular complexity index is 467. The SMILES string of the molecule is CC(C)N(Pc1c(C(F)(F)F)cccc1C(F)(F)F)C(C)C. The highest BCUT2D eigenvalue weighted by Gasteiger charge is 2.41. The molecule has 1 aromatic carbocycles. The highest BCUT2D eigenvalue weighted by Crippen LogP contribution is 2.39. The standard InChI is InChI=1S/C14H18F6NP/c1-8(2)21(9(3)4)22-12-10(13(15,16)17)6-5-7-11(12)14(18,19)20/h5-9,22H,1-4H3. The summed E-state index contributed by atoms with van der Waals surface area (Å²) in [4.78, 5) is 0. The van der Waals surface area contributed by atoms with Crippen molar-refractivity contribution >= 4 is 14.0 Å². The molecular weight excluding hydrogens is 327 g/mol. The first-order valence-electron chi connectivity index (χ1n) is 6.68. The lowest BCUT2D eigenvalue weighted by atomic mass is 10.1. The van der Waals surface area contributed by atoms with E-state index in [-0.39, 0.29) is 12.1 Å². The molecule has 0 heterocycles. The van der Waals surface area contributed by atoms with Crippen LogP contribution >= 0.6 is 8.73 Å². The second kappa shape index (κ2) is 6.75. The van der Waals surface area contributed by atoms with E-state index in [9.17, 15) is 26.3 Å². The smallest absolute Gasteiger partial charge is 0.276 e. The molecule has 0 fully saturated rings. The molecule has 0 spiro atoms. The Balaban J connectivity index is 3.47. The van der Waals surface area contributed by atoms with E-state index in [1.165, 1.54) is 0 Å². The Labute approximate surface area is 127 Å². The maximum atomic E-state index is 13.1. The monoisotopic (exact) mass is 345 g/mol. The van der Waals surface area contributed by atoms with E-state index in [4.69, 9.17) is 0 Å². The maximum absolute atomic E-state index is 13.1. The molecule has 1 nitrogen and oxygen atoms in total. The van der Waals surface area contributed by atoms with Gasteiger partial charge in [0.2, 0.25) is 0 Å². The van der Waals surface area contributed by atoms with E-state index in [2.05, 4.69) is 0 Å². The largest absolute Gasteiger partial charge is 0.417 e. The van der Waals surface area contributed by atoms with Crippen molar-refractivity contribution in [1.82, 2.24) is 4.67 Å². The Morgan fingerprint density at radius 2 is 1.18 bits per heavy atom. The fourth-order valence-electron chi connectivity index (χ4n) is 2.13. The molecule has 0 aliphatic heterocycles. The normalized spacial score (nSPS) is 14.0. The van der Waals surface area contributed by atoms with Gasteiger partial charge in [0.05, 0.1) is 11.1 Å². The summed E-state index contributed by atoms with van der Waals surface area (Å²) < 4.78 is 80.2. The molecule has 22 heavy (non-hydrogen) atoms. The minimum atomic E-state index is -4.82. The van der Waals surface area contributed by atoms with Gasteiger partial charge in [-0.15, -0.1) is 0 Å². The van der Waals surface area contributed by atoms with E-state index in [0.717, 1.165) is 6.07 Å². The number of halogens is 6. The fraction of sp³-hybridized carbons (Fsp3) is 0.571. The first kappa shape index (κ1) is 19.2. The number of hydrogen-bond donors (Lipinski definition) is 0. The van der Waals surface area contributed by atoms with Crippen LogP contribution in [0.1, 0.15) is 38.8 Å². The van der Waals surface area contributed by atoms with E-state index >= 15 is 0 Å². The van der Waals surface area contributed by atoms with Crippen molar-refractivity contribution in [2.45, 2.75) is 52.1 Å². The lowest BCUT2D eigenvalue weighted by Crippen LogP contribution is -2.34. The van der Waals surface area contributed by atoms with Gasteiger partial charge in [0.25, 0.3) is 0 Å². The molecule has 0 aromatic heterocycles. The number of alkyl halides is 6. The number of benzene rings is 1. The van der Waals surface area contributed by atoms with Gasteiger partial charge < -0.3 is 0 Å². The molecule has 0 bridgehead atoms. The molecule has 1 unspecified atom stereocenters. The van der Waals surface area contributed by atoms with Crippen LogP contribution in [0.15, 0.2) is 18.2 Å². The first-order chi connectivity index (χ1) is 9.85. The fourth-order valence-corrected chi connectivity index (χ4v) is 3.59. The molecule has 126 valence electrons. The zero-order valence-corrected chi connectivity index (χ0v) is 13.6. The minimum absolute atomic E-state index is 0.166. The maximum Gasteiger partial charge on any atom is 0.417 e. The van der Waals surface area contributed by atoms with Crippen LogP contribution in [0, 0.1) is 0 Å². The molecule has 1 aromatic rings. The summed E-state index contributed by atoms with van der Waals surface area (Å²) >= 11 is 0. The van der Waals surface area contributed by atoms with Gasteiger partial charge in [0, 0.05) is 17.4 Å². The van der Waals surface area contributed by atoms with Crippen molar-refractivity contribution in [3.63, 3.8) is 0 Å². The Morgan fingerprint density at radius 3 is 1.45 bits per heavy atom. The van der Waals surface area contributed by atoms with Gasteiger partial charge in [-0.1, -0.05) is 6.07 Å². The van der Waals surface area contributed by atoms with Gasteiger partial charge in [-0.25, -0.2) is 0 Å². The first-order valence-corrected chi connectivity index (χ1v) is 7.62. The average Bonchev–Trinajstić information content (AvgIpc) is 2.32. The number of nitrogens with zero attached hydrogens (tertiary/aromatic N) is 1. The molecule has 0 amide bonds. The van der Waals surface area contributed by atoms with Crippen LogP contribution in [0.3, 0.4) is 0 Å². The van der Waals surface area contributed by atoms with Crippen LogP contribution in [0.2, 0.25) is 0 Å². The predicted octanol–water partition coefficient (Wildman–Crippen LogP) is 5.06. The molecule has 0 aliphatic rings. The molecule has 0 aliphatic carbocycles. The molecule has 0 saturated carbocycles. The second-order valence-corrected chi connectivity index (χ2v) is 6.67. The third kappa shape index (κ3) is 4.59. The van der Waals surface area contributed by atoms with E-state index in [0.29, 0.717) is 12.1 Å². The molecule has 8 heteroatoms. The van der Waals surface area contributed by atoms with Gasteiger partial charge >= 0.3 is 12.4 Å².